The number of aryl methyl sites for hydroxylation is 1. The predicted molar refractivity (Wildman–Crippen MR) is 108 cm³/mol. The summed E-state index contributed by atoms with van der Waals surface area (Å²) in [7, 11) is 0. The maximum Gasteiger partial charge on any atom is 0.341 e. The number of esters is 1. The molecule has 7 nitrogen and oxygen atoms in total. The highest BCUT2D eigenvalue weighted by molar-refractivity contribution is 7.15. The number of anilines is 1. The van der Waals surface area contributed by atoms with E-state index < -0.39 is 5.97 Å². The van der Waals surface area contributed by atoms with Gasteiger partial charge in [0.25, 0.3) is 11.8 Å². The number of ether oxygens (including phenoxy) is 1. The molecule has 0 bridgehead atoms. The van der Waals surface area contributed by atoms with Gasteiger partial charge in [0.05, 0.1) is 19.7 Å². The van der Waals surface area contributed by atoms with E-state index in [2.05, 4.69) is 10.6 Å². The molecule has 1 saturated heterocycles. The summed E-state index contributed by atoms with van der Waals surface area (Å²) in [5.41, 5.74) is 3.13. The number of rotatable bonds is 6. The third kappa shape index (κ3) is 4.76. The standard InChI is InChI=1S/C20H23N3O4S/c1-3-27-20(26)18-15(14-6-4-13(2)5-7-14)12-28-19(18)22-17(25)11-23-9-8-21-16(24)10-23/h4-7,12H,3,8-11H2,1-2H3,(H,21,24)(H,22,25)/p+1. The Morgan fingerprint density at radius 2 is 2.04 bits per heavy atom. The van der Waals surface area contributed by atoms with Crippen LogP contribution in [0.5, 0.6) is 0 Å². The average molecular weight is 402 g/mol. The Labute approximate surface area is 167 Å². The number of benzene rings is 1. The smallest absolute Gasteiger partial charge is 0.341 e. The van der Waals surface area contributed by atoms with E-state index in [1.54, 1.807) is 6.92 Å². The van der Waals surface area contributed by atoms with Crippen LogP contribution in [0.2, 0.25) is 0 Å². The molecule has 2 aromatic rings. The first-order valence-electron chi connectivity index (χ1n) is 9.23. The molecule has 0 radical (unpaired) electrons. The van der Waals surface area contributed by atoms with E-state index in [-0.39, 0.29) is 31.5 Å². The van der Waals surface area contributed by atoms with Crippen molar-refractivity contribution in [2.45, 2.75) is 13.8 Å². The molecule has 1 aromatic carbocycles. The van der Waals surface area contributed by atoms with Crippen molar-refractivity contribution in [2.24, 2.45) is 0 Å². The molecule has 8 heteroatoms. The molecule has 1 unspecified atom stereocenters. The summed E-state index contributed by atoms with van der Waals surface area (Å²) in [6.45, 7) is 5.71. The molecule has 28 heavy (non-hydrogen) atoms. The lowest BCUT2D eigenvalue weighted by Gasteiger charge is -2.22. The van der Waals surface area contributed by atoms with E-state index in [0.717, 1.165) is 21.6 Å². The van der Waals surface area contributed by atoms with Crippen LogP contribution in [0, 0.1) is 6.92 Å². The van der Waals surface area contributed by atoms with E-state index in [4.69, 9.17) is 4.74 Å². The molecule has 1 atom stereocenters. The van der Waals surface area contributed by atoms with E-state index in [9.17, 15) is 14.4 Å². The van der Waals surface area contributed by atoms with Gasteiger partial charge in [-0.15, -0.1) is 11.3 Å². The molecule has 1 aliphatic heterocycles. The number of piperazine rings is 1. The molecule has 3 N–H and O–H groups in total. The minimum Gasteiger partial charge on any atom is -0.462 e. The highest BCUT2D eigenvalue weighted by Gasteiger charge is 2.26. The second-order valence-corrected chi connectivity index (χ2v) is 7.57. The highest BCUT2D eigenvalue weighted by Crippen LogP contribution is 2.36. The topological polar surface area (TPSA) is 88.9 Å². The fourth-order valence-electron chi connectivity index (χ4n) is 3.11. The molecule has 0 spiro atoms. The molecule has 1 aliphatic rings. The number of nitrogens with one attached hydrogen (secondary N) is 3. The summed E-state index contributed by atoms with van der Waals surface area (Å²) in [5.74, 6) is -0.745. The molecule has 1 aromatic heterocycles. The van der Waals surface area contributed by atoms with Crippen molar-refractivity contribution < 1.29 is 24.0 Å². The van der Waals surface area contributed by atoms with Crippen LogP contribution >= 0.6 is 11.3 Å². The number of carbonyl (C=O) groups excluding carboxylic acids is 3. The van der Waals surface area contributed by atoms with Crippen LogP contribution in [-0.4, -0.2) is 50.6 Å². The van der Waals surface area contributed by atoms with E-state index in [1.807, 2.05) is 36.6 Å². The van der Waals surface area contributed by atoms with Crippen LogP contribution in [0.3, 0.4) is 0 Å². The zero-order chi connectivity index (χ0) is 20.1. The van der Waals surface area contributed by atoms with E-state index in [1.165, 1.54) is 11.3 Å². The number of hydrogen-bond acceptors (Lipinski definition) is 5. The fourth-order valence-corrected chi connectivity index (χ4v) is 4.08. The first kappa shape index (κ1) is 20.0. The monoisotopic (exact) mass is 402 g/mol. The van der Waals surface area contributed by atoms with E-state index >= 15 is 0 Å². The van der Waals surface area contributed by atoms with Crippen LogP contribution in [0.4, 0.5) is 5.00 Å². The molecule has 148 valence electrons. The Morgan fingerprint density at radius 1 is 1.29 bits per heavy atom. The molecular formula is C20H24N3O4S+. The Bertz CT molecular complexity index is 876. The van der Waals surface area contributed by atoms with Crippen LogP contribution in [-0.2, 0) is 14.3 Å². The molecule has 0 aliphatic carbocycles. The number of thiophene rings is 1. The average Bonchev–Trinajstić information content (AvgIpc) is 3.06. The number of amides is 2. The van der Waals surface area contributed by atoms with Crippen molar-refractivity contribution in [1.82, 2.24) is 5.32 Å². The van der Waals surface area contributed by atoms with Gasteiger partial charge in [-0.2, -0.15) is 0 Å². The van der Waals surface area contributed by atoms with Crippen LogP contribution in [0.1, 0.15) is 22.8 Å². The second kappa shape index (κ2) is 8.99. The summed E-state index contributed by atoms with van der Waals surface area (Å²) in [4.78, 5) is 37.5. The highest BCUT2D eigenvalue weighted by atomic mass is 32.1. The summed E-state index contributed by atoms with van der Waals surface area (Å²) in [6.07, 6.45) is 0. The third-order valence-corrected chi connectivity index (χ3v) is 5.40. The third-order valence-electron chi connectivity index (χ3n) is 4.51. The summed E-state index contributed by atoms with van der Waals surface area (Å²) < 4.78 is 5.22. The van der Waals surface area contributed by atoms with Crippen molar-refractivity contribution in [3.63, 3.8) is 0 Å². The first-order chi connectivity index (χ1) is 13.5. The lowest BCUT2D eigenvalue weighted by atomic mass is 10.0. The first-order valence-corrected chi connectivity index (χ1v) is 10.1. The Kier molecular flexibility index (Phi) is 6.43. The minimum absolute atomic E-state index is 0.0564. The predicted octanol–water partition coefficient (Wildman–Crippen LogP) is 0.853. The lowest BCUT2D eigenvalue weighted by molar-refractivity contribution is -0.885. The fraction of sp³-hybridized carbons (Fsp3) is 0.350. The normalized spacial score (nSPS) is 16.4. The second-order valence-electron chi connectivity index (χ2n) is 6.69. The quantitative estimate of drug-likeness (QED) is 0.625. The van der Waals surface area contributed by atoms with Crippen molar-refractivity contribution in [1.29, 1.82) is 0 Å². The van der Waals surface area contributed by atoms with Crippen molar-refractivity contribution >= 4 is 34.1 Å². The van der Waals surface area contributed by atoms with Crippen molar-refractivity contribution in [2.75, 3.05) is 38.1 Å². The Balaban J connectivity index is 1.81. The largest absolute Gasteiger partial charge is 0.462 e. The number of hydrogen-bond donors (Lipinski definition) is 3. The number of carbonyl (C=O) groups is 3. The molecule has 0 saturated carbocycles. The van der Waals surface area contributed by atoms with Gasteiger partial charge in [-0.05, 0) is 19.4 Å². The number of quaternary nitrogens is 1. The summed E-state index contributed by atoms with van der Waals surface area (Å²) >= 11 is 1.30. The van der Waals surface area contributed by atoms with Gasteiger partial charge in [0.1, 0.15) is 10.6 Å². The van der Waals surface area contributed by atoms with Crippen molar-refractivity contribution in [3.8, 4) is 11.1 Å². The Hall–Kier alpha value is -2.71. The summed E-state index contributed by atoms with van der Waals surface area (Å²) in [6, 6.07) is 7.85. The summed E-state index contributed by atoms with van der Waals surface area (Å²) in [5, 5.41) is 7.91. The van der Waals surface area contributed by atoms with Gasteiger partial charge in [0, 0.05) is 10.9 Å². The molecule has 3 rings (SSSR count). The van der Waals surface area contributed by atoms with Gasteiger partial charge in [-0.3, -0.25) is 9.59 Å². The van der Waals surface area contributed by atoms with Gasteiger partial charge in [-0.1, -0.05) is 29.8 Å². The Morgan fingerprint density at radius 3 is 2.71 bits per heavy atom. The van der Waals surface area contributed by atoms with Gasteiger partial charge in [0.2, 0.25) is 0 Å². The SMILES string of the molecule is CCOC(=O)c1c(-c2ccc(C)cc2)csc1NC(=O)C[NH+]1CCNC(=O)C1. The van der Waals surface area contributed by atoms with Crippen LogP contribution < -0.4 is 15.5 Å². The maximum atomic E-state index is 12.6. The van der Waals surface area contributed by atoms with Gasteiger partial charge < -0.3 is 20.3 Å². The molecule has 1 fully saturated rings. The lowest BCUT2D eigenvalue weighted by Crippen LogP contribution is -3.16. The zero-order valence-electron chi connectivity index (χ0n) is 16.0. The van der Waals surface area contributed by atoms with E-state index in [0.29, 0.717) is 23.7 Å². The maximum absolute atomic E-state index is 12.6. The molecule has 2 amide bonds. The minimum atomic E-state index is -0.459. The van der Waals surface area contributed by atoms with Crippen LogP contribution in [0.25, 0.3) is 11.1 Å². The van der Waals surface area contributed by atoms with Gasteiger partial charge in [-0.25, -0.2) is 4.79 Å². The van der Waals surface area contributed by atoms with Crippen LogP contribution in [0.15, 0.2) is 29.6 Å². The van der Waals surface area contributed by atoms with Gasteiger partial charge >= 0.3 is 5.97 Å². The molecule has 2 heterocycles. The zero-order valence-corrected chi connectivity index (χ0v) is 16.8. The van der Waals surface area contributed by atoms with Crippen molar-refractivity contribution in [3.05, 3.63) is 40.8 Å². The molecular weight excluding hydrogens is 378 g/mol. The van der Waals surface area contributed by atoms with Gasteiger partial charge in [0.15, 0.2) is 13.1 Å².